The van der Waals surface area contributed by atoms with Gasteiger partial charge in [0.15, 0.2) is 0 Å². The van der Waals surface area contributed by atoms with Gasteiger partial charge in [0.1, 0.15) is 6.04 Å². The van der Waals surface area contributed by atoms with E-state index in [0.717, 1.165) is 18.4 Å². The first-order chi connectivity index (χ1) is 12.6. The quantitative estimate of drug-likeness (QED) is 0.768. The monoisotopic (exact) mass is 353 g/mol. The summed E-state index contributed by atoms with van der Waals surface area (Å²) >= 11 is 0. The Balaban J connectivity index is 1.57. The van der Waals surface area contributed by atoms with Crippen LogP contribution in [0.5, 0.6) is 0 Å². The summed E-state index contributed by atoms with van der Waals surface area (Å²) in [4.78, 5) is 24.5. The minimum atomic E-state index is -0.743. The summed E-state index contributed by atoms with van der Waals surface area (Å²) in [6.07, 6.45) is 1.66. The van der Waals surface area contributed by atoms with Crippen LogP contribution in [0.3, 0.4) is 0 Å². The van der Waals surface area contributed by atoms with E-state index < -0.39 is 6.04 Å². The lowest BCUT2D eigenvalue weighted by molar-refractivity contribution is -0.117. The van der Waals surface area contributed by atoms with Crippen molar-refractivity contribution in [3.8, 4) is 0 Å². The van der Waals surface area contributed by atoms with Crippen LogP contribution < -0.4 is 16.4 Å². The number of nitrogens with two attached hydrogens (primary N) is 1. The smallest absolute Gasteiger partial charge is 0.251 e. The Labute approximate surface area is 152 Å². The first-order valence-electron chi connectivity index (χ1n) is 8.73. The zero-order chi connectivity index (χ0) is 18.4. The number of rotatable bonds is 5. The number of carbonyl (C=O) groups is 2. The molecule has 0 saturated carbocycles. The van der Waals surface area contributed by atoms with Gasteiger partial charge in [0, 0.05) is 30.5 Å². The first kappa shape index (κ1) is 18.1. The maximum atomic E-state index is 12.3. The van der Waals surface area contributed by atoms with Crippen LogP contribution in [-0.2, 0) is 9.53 Å². The Morgan fingerprint density at radius 1 is 1.00 bits per heavy atom. The van der Waals surface area contributed by atoms with E-state index in [1.54, 1.807) is 24.3 Å². The molecule has 2 amide bonds. The second kappa shape index (κ2) is 8.60. The molecule has 0 spiro atoms. The van der Waals surface area contributed by atoms with E-state index in [9.17, 15) is 9.59 Å². The number of ether oxygens (including phenoxy) is 1. The summed E-state index contributed by atoms with van der Waals surface area (Å²) < 4.78 is 5.29. The largest absolute Gasteiger partial charge is 0.381 e. The van der Waals surface area contributed by atoms with E-state index >= 15 is 0 Å². The molecule has 6 heteroatoms. The van der Waals surface area contributed by atoms with Crippen molar-refractivity contribution in [2.75, 3.05) is 18.5 Å². The molecule has 26 heavy (non-hydrogen) atoms. The van der Waals surface area contributed by atoms with Crippen molar-refractivity contribution in [2.45, 2.75) is 24.9 Å². The Bertz CT molecular complexity index is 741. The lowest BCUT2D eigenvalue weighted by Crippen LogP contribution is -2.38. The fourth-order valence-electron chi connectivity index (χ4n) is 2.85. The third-order valence-corrected chi connectivity index (χ3v) is 4.41. The number of nitrogens with one attached hydrogen (secondary N) is 2. The third kappa shape index (κ3) is 4.68. The van der Waals surface area contributed by atoms with Crippen LogP contribution in [0.1, 0.15) is 34.8 Å². The predicted molar refractivity (Wildman–Crippen MR) is 99.7 cm³/mol. The second-order valence-electron chi connectivity index (χ2n) is 6.32. The molecule has 0 aliphatic carbocycles. The second-order valence-corrected chi connectivity index (χ2v) is 6.32. The van der Waals surface area contributed by atoms with E-state index in [2.05, 4.69) is 10.6 Å². The topological polar surface area (TPSA) is 93.5 Å². The average Bonchev–Trinajstić information content (AvgIpc) is 2.69. The van der Waals surface area contributed by atoms with Gasteiger partial charge in [-0.15, -0.1) is 0 Å². The summed E-state index contributed by atoms with van der Waals surface area (Å²) in [6, 6.07) is 15.4. The molecule has 1 aliphatic rings. The molecule has 4 N–H and O–H groups in total. The van der Waals surface area contributed by atoms with Crippen LogP contribution in [0.25, 0.3) is 0 Å². The van der Waals surface area contributed by atoms with Crippen molar-refractivity contribution in [2.24, 2.45) is 5.73 Å². The Morgan fingerprint density at radius 3 is 2.31 bits per heavy atom. The standard InChI is InChI=1S/C20H23N3O3/c21-18(14-4-2-1-3-5-14)20(25)23-16-8-6-15(7-9-16)19(24)22-17-10-12-26-13-11-17/h1-9,17-18H,10-13,21H2,(H,22,24)(H,23,25). The molecule has 6 nitrogen and oxygen atoms in total. The minimum Gasteiger partial charge on any atom is -0.381 e. The van der Waals surface area contributed by atoms with Crippen molar-refractivity contribution in [3.63, 3.8) is 0 Å². The molecule has 2 aromatic rings. The summed E-state index contributed by atoms with van der Waals surface area (Å²) in [7, 11) is 0. The van der Waals surface area contributed by atoms with Gasteiger partial charge in [0.05, 0.1) is 0 Å². The maximum Gasteiger partial charge on any atom is 0.251 e. The predicted octanol–water partition coefficient (Wildman–Crippen LogP) is 2.23. The SMILES string of the molecule is NC(C(=O)Nc1ccc(C(=O)NC2CCOCC2)cc1)c1ccccc1. The lowest BCUT2D eigenvalue weighted by Gasteiger charge is -2.23. The van der Waals surface area contributed by atoms with Crippen LogP contribution >= 0.6 is 0 Å². The summed E-state index contributed by atoms with van der Waals surface area (Å²) in [5.41, 5.74) is 7.89. The van der Waals surface area contributed by atoms with Crippen LogP contribution in [0.2, 0.25) is 0 Å². The van der Waals surface area contributed by atoms with Gasteiger partial charge < -0.3 is 21.1 Å². The minimum absolute atomic E-state index is 0.115. The Hall–Kier alpha value is -2.70. The van der Waals surface area contributed by atoms with Crippen LogP contribution in [0.15, 0.2) is 54.6 Å². The molecule has 0 radical (unpaired) electrons. The summed E-state index contributed by atoms with van der Waals surface area (Å²) in [5, 5.41) is 5.78. The van der Waals surface area contributed by atoms with Crippen molar-refractivity contribution in [3.05, 3.63) is 65.7 Å². The number of anilines is 1. The third-order valence-electron chi connectivity index (χ3n) is 4.41. The number of carbonyl (C=O) groups excluding carboxylic acids is 2. The fraction of sp³-hybridized carbons (Fsp3) is 0.300. The highest BCUT2D eigenvalue weighted by atomic mass is 16.5. The van der Waals surface area contributed by atoms with Crippen molar-refractivity contribution in [1.29, 1.82) is 0 Å². The molecule has 136 valence electrons. The summed E-state index contributed by atoms with van der Waals surface area (Å²) in [6.45, 7) is 1.36. The highest BCUT2D eigenvalue weighted by Crippen LogP contribution is 2.15. The number of amides is 2. The fourth-order valence-corrected chi connectivity index (χ4v) is 2.85. The van der Waals surface area contributed by atoms with Crippen LogP contribution in [0.4, 0.5) is 5.69 Å². The van der Waals surface area contributed by atoms with Gasteiger partial charge in [0.2, 0.25) is 5.91 Å². The van der Waals surface area contributed by atoms with E-state index in [1.807, 2.05) is 30.3 Å². The van der Waals surface area contributed by atoms with Gasteiger partial charge in [-0.05, 0) is 42.7 Å². The van der Waals surface area contributed by atoms with Crippen molar-refractivity contribution >= 4 is 17.5 Å². The molecular weight excluding hydrogens is 330 g/mol. The number of hydrogen-bond acceptors (Lipinski definition) is 4. The Kier molecular flexibility index (Phi) is 5.99. The van der Waals surface area contributed by atoms with Gasteiger partial charge in [-0.3, -0.25) is 9.59 Å². The van der Waals surface area contributed by atoms with Gasteiger partial charge in [-0.1, -0.05) is 30.3 Å². The molecule has 1 aliphatic heterocycles. The average molecular weight is 353 g/mol. The number of hydrogen-bond donors (Lipinski definition) is 3. The van der Waals surface area contributed by atoms with Crippen molar-refractivity contribution in [1.82, 2.24) is 5.32 Å². The molecule has 1 fully saturated rings. The molecule has 1 heterocycles. The molecular formula is C20H23N3O3. The van der Waals surface area contributed by atoms with Crippen LogP contribution in [0, 0.1) is 0 Å². The van der Waals surface area contributed by atoms with Gasteiger partial charge in [0.25, 0.3) is 5.91 Å². The molecule has 2 aromatic carbocycles. The highest BCUT2D eigenvalue weighted by molar-refractivity contribution is 5.97. The summed E-state index contributed by atoms with van der Waals surface area (Å²) in [5.74, 6) is -0.411. The van der Waals surface area contributed by atoms with E-state index in [1.165, 1.54) is 0 Å². The molecule has 0 aromatic heterocycles. The maximum absolute atomic E-state index is 12.3. The van der Waals surface area contributed by atoms with E-state index in [0.29, 0.717) is 24.5 Å². The first-order valence-corrected chi connectivity index (χ1v) is 8.73. The molecule has 1 unspecified atom stereocenters. The zero-order valence-electron chi connectivity index (χ0n) is 14.5. The van der Waals surface area contributed by atoms with E-state index in [-0.39, 0.29) is 17.9 Å². The Morgan fingerprint density at radius 2 is 1.65 bits per heavy atom. The molecule has 0 bridgehead atoms. The molecule has 1 atom stereocenters. The van der Waals surface area contributed by atoms with Crippen molar-refractivity contribution < 1.29 is 14.3 Å². The molecule has 1 saturated heterocycles. The van der Waals surface area contributed by atoms with Gasteiger partial charge >= 0.3 is 0 Å². The zero-order valence-corrected chi connectivity index (χ0v) is 14.5. The number of benzene rings is 2. The lowest BCUT2D eigenvalue weighted by atomic mass is 10.1. The van der Waals surface area contributed by atoms with Crippen LogP contribution in [-0.4, -0.2) is 31.1 Å². The molecule has 3 rings (SSSR count). The highest BCUT2D eigenvalue weighted by Gasteiger charge is 2.18. The van der Waals surface area contributed by atoms with Gasteiger partial charge in [-0.2, -0.15) is 0 Å². The normalized spacial score (nSPS) is 15.9. The van der Waals surface area contributed by atoms with Gasteiger partial charge in [-0.25, -0.2) is 0 Å². The van der Waals surface area contributed by atoms with E-state index in [4.69, 9.17) is 10.5 Å².